The van der Waals surface area contributed by atoms with Crippen LogP contribution in [-0.4, -0.2) is 25.0 Å². The van der Waals surface area contributed by atoms with Gasteiger partial charge in [-0.25, -0.2) is 0 Å². The van der Waals surface area contributed by atoms with Crippen molar-refractivity contribution in [3.63, 3.8) is 0 Å². The van der Waals surface area contributed by atoms with Crippen LogP contribution >= 0.6 is 11.6 Å². The lowest BCUT2D eigenvalue weighted by Crippen LogP contribution is -2.27. The van der Waals surface area contributed by atoms with Crippen LogP contribution in [0.15, 0.2) is 48.5 Å². The van der Waals surface area contributed by atoms with Gasteiger partial charge in [-0.2, -0.15) is 0 Å². The molecule has 0 heterocycles. The van der Waals surface area contributed by atoms with Gasteiger partial charge in [0, 0.05) is 11.6 Å². The van der Waals surface area contributed by atoms with E-state index in [4.69, 9.17) is 22.1 Å². The number of nitrogens with two attached hydrogens (primary N) is 1. The molecule has 0 saturated carbocycles. The fourth-order valence-electron chi connectivity index (χ4n) is 2.00. The Kier molecular flexibility index (Phi) is 6.00. The van der Waals surface area contributed by atoms with Crippen LogP contribution in [-0.2, 0) is 11.2 Å². The second-order valence-corrected chi connectivity index (χ2v) is 5.32. The molecule has 6 heteroatoms. The van der Waals surface area contributed by atoms with Gasteiger partial charge in [0.25, 0.3) is 11.8 Å². The van der Waals surface area contributed by atoms with E-state index in [0.717, 1.165) is 5.56 Å². The summed E-state index contributed by atoms with van der Waals surface area (Å²) in [4.78, 5) is 23.0. The SMILES string of the molecule is NC(=O)COc1ccccc1C(=O)NCCc1ccc(Cl)cc1. The summed E-state index contributed by atoms with van der Waals surface area (Å²) in [5.74, 6) is -0.530. The lowest BCUT2D eigenvalue weighted by Gasteiger charge is -2.10. The molecule has 0 spiro atoms. The zero-order valence-electron chi connectivity index (χ0n) is 12.4. The van der Waals surface area contributed by atoms with E-state index in [1.54, 1.807) is 24.3 Å². The van der Waals surface area contributed by atoms with Crippen LogP contribution in [0.5, 0.6) is 5.75 Å². The van der Waals surface area contributed by atoms with Crippen LogP contribution in [0.2, 0.25) is 5.02 Å². The number of halogens is 1. The van der Waals surface area contributed by atoms with Crippen molar-refractivity contribution in [3.8, 4) is 5.75 Å². The molecule has 5 nitrogen and oxygen atoms in total. The molecule has 0 saturated heterocycles. The maximum atomic E-state index is 12.2. The van der Waals surface area contributed by atoms with Crippen LogP contribution in [0.1, 0.15) is 15.9 Å². The highest BCUT2D eigenvalue weighted by molar-refractivity contribution is 6.30. The molecule has 2 aromatic carbocycles. The third-order valence-corrected chi connectivity index (χ3v) is 3.37. The van der Waals surface area contributed by atoms with Gasteiger partial charge in [-0.15, -0.1) is 0 Å². The number of amides is 2. The van der Waals surface area contributed by atoms with Crippen molar-refractivity contribution in [3.05, 3.63) is 64.7 Å². The summed E-state index contributed by atoms with van der Waals surface area (Å²) in [6, 6.07) is 14.2. The van der Waals surface area contributed by atoms with E-state index in [9.17, 15) is 9.59 Å². The van der Waals surface area contributed by atoms with E-state index in [1.165, 1.54) is 0 Å². The zero-order valence-corrected chi connectivity index (χ0v) is 13.2. The second kappa shape index (κ2) is 8.19. The van der Waals surface area contributed by atoms with Crippen LogP contribution in [0, 0.1) is 0 Å². The van der Waals surface area contributed by atoms with Gasteiger partial charge in [0.2, 0.25) is 0 Å². The second-order valence-electron chi connectivity index (χ2n) is 4.88. The Morgan fingerprint density at radius 3 is 2.48 bits per heavy atom. The lowest BCUT2D eigenvalue weighted by atomic mass is 10.1. The summed E-state index contributed by atoms with van der Waals surface area (Å²) in [5.41, 5.74) is 6.49. The number of ether oxygens (including phenoxy) is 1. The summed E-state index contributed by atoms with van der Waals surface area (Å²) in [5, 5.41) is 3.50. The molecule has 0 aromatic heterocycles. The molecule has 2 rings (SSSR count). The summed E-state index contributed by atoms with van der Waals surface area (Å²) in [6.07, 6.45) is 0.688. The van der Waals surface area contributed by atoms with Crippen molar-refractivity contribution >= 4 is 23.4 Å². The summed E-state index contributed by atoms with van der Waals surface area (Å²) in [7, 11) is 0. The Hall–Kier alpha value is -2.53. The van der Waals surface area contributed by atoms with Gasteiger partial charge in [-0.1, -0.05) is 35.9 Å². The first-order chi connectivity index (χ1) is 11.1. The van der Waals surface area contributed by atoms with Crippen molar-refractivity contribution in [1.29, 1.82) is 0 Å². The third kappa shape index (κ3) is 5.30. The van der Waals surface area contributed by atoms with Crippen molar-refractivity contribution < 1.29 is 14.3 Å². The van der Waals surface area contributed by atoms with E-state index >= 15 is 0 Å². The summed E-state index contributed by atoms with van der Waals surface area (Å²) >= 11 is 5.83. The van der Waals surface area contributed by atoms with Crippen molar-refractivity contribution in [2.24, 2.45) is 5.73 Å². The van der Waals surface area contributed by atoms with Gasteiger partial charge in [0.15, 0.2) is 6.61 Å². The minimum Gasteiger partial charge on any atom is -0.483 e. The Labute approximate surface area is 139 Å². The van der Waals surface area contributed by atoms with Gasteiger partial charge in [-0.3, -0.25) is 9.59 Å². The first kappa shape index (κ1) is 16.8. The monoisotopic (exact) mass is 332 g/mol. The number of para-hydroxylation sites is 1. The third-order valence-electron chi connectivity index (χ3n) is 3.11. The maximum Gasteiger partial charge on any atom is 0.255 e. The number of carbonyl (C=O) groups is 2. The van der Waals surface area contributed by atoms with Crippen molar-refractivity contribution in [1.82, 2.24) is 5.32 Å². The molecule has 2 aromatic rings. The number of nitrogens with one attached hydrogen (secondary N) is 1. The molecule has 0 atom stereocenters. The fourth-order valence-corrected chi connectivity index (χ4v) is 2.12. The summed E-state index contributed by atoms with van der Waals surface area (Å²) in [6.45, 7) is 0.208. The van der Waals surface area contributed by atoms with Gasteiger partial charge >= 0.3 is 0 Å². The van der Waals surface area contributed by atoms with E-state index in [0.29, 0.717) is 29.3 Å². The van der Waals surface area contributed by atoms with Gasteiger partial charge in [-0.05, 0) is 36.2 Å². The molecule has 2 amide bonds. The maximum absolute atomic E-state index is 12.2. The molecule has 3 N–H and O–H groups in total. The Morgan fingerprint density at radius 2 is 1.78 bits per heavy atom. The molecule has 0 aliphatic carbocycles. The molecule has 23 heavy (non-hydrogen) atoms. The topological polar surface area (TPSA) is 81.4 Å². The lowest BCUT2D eigenvalue weighted by molar-refractivity contribution is -0.119. The van der Waals surface area contributed by atoms with E-state index in [1.807, 2.05) is 24.3 Å². The van der Waals surface area contributed by atoms with Crippen LogP contribution < -0.4 is 15.8 Å². The molecular weight excluding hydrogens is 316 g/mol. The molecule has 0 radical (unpaired) electrons. The smallest absolute Gasteiger partial charge is 0.255 e. The Balaban J connectivity index is 1.92. The van der Waals surface area contributed by atoms with Crippen molar-refractivity contribution in [2.45, 2.75) is 6.42 Å². The Bertz CT molecular complexity index is 686. The van der Waals surface area contributed by atoms with Crippen molar-refractivity contribution in [2.75, 3.05) is 13.2 Å². The largest absolute Gasteiger partial charge is 0.483 e. The number of primary amides is 1. The quantitative estimate of drug-likeness (QED) is 0.815. The highest BCUT2D eigenvalue weighted by Gasteiger charge is 2.12. The highest BCUT2D eigenvalue weighted by atomic mass is 35.5. The fraction of sp³-hybridized carbons (Fsp3) is 0.176. The normalized spacial score (nSPS) is 10.1. The van der Waals surface area contributed by atoms with E-state index < -0.39 is 5.91 Å². The Morgan fingerprint density at radius 1 is 1.09 bits per heavy atom. The van der Waals surface area contributed by atoms with Crippen LogP contribution in [0.25, 0.3) is 0 Å². The predicted molar refractivity (Wildman–Crippen MR) is 88.6 cm³/mol. The number of hydrogen-bond acceptors (Lipinski definition) is 3. The molecule has 0 unspecified atom stereocenters. The average Bonchev–Trinajstić information content (AvgIpc) is 2.55. The molecule has 120 valence electrons. The minimum absolute atomic E-state index is 0.265. The highest BCUT2D eigenvalue weighted by Crippen LogP contribution is 2.17. The number of rotatable bonds is 7. The predicted octanol–water partition coefficient (Wildman–Crippen LogP) is 2.18. The molecular formula is C17H17ClN2O3. The molecule has 0 bridgehead atoms. The van der Waals surface area contributed by atoms with Crippen LogP contribution in [0.3, 0.4) is 0 Å². The van der Waals surface area contributed by atoms with E-state index in [-0.39, 0.29) is 12.5 Å². The first-order valence-electron chi connectivity index (χ1n) is 7.09. The molecule has 0 aliphatic rings. The standard InChI is InChI=1S/C17H17ClN2O3/c18-13-7-5-12(6-8-13)9-10-20-17(22)14-3-1-2-4-15(14)23-11-16(19)21/h1-8H,9-11H2,(H2,19,21)(H,20,22). The molecule has 0 aliphatic heterocycles. The van der Waals surface area contributed by atoms with Gasteiger partial charge in [0.1, 0.15) is 5.75 Å². The molecule has 0 fully saturated rings. The number of carbonyl (C=O) groups excluding carboxylic acids is 2. The minimum atomic E-state index is -0.594. The van der Waals surface area contributed by atoms with Gasteiger partial charge < -0.3 is 15.8 Å². The average molecular weight is 333 g/mol. The van der Waals surface area contributed by atoms with E-state index in [2.05, 4.69) is 5.32 Å². The summed E-state index contributed by atoms with van der Waals surface area (Å²) < 4.78 is 5.25. The first-order valence-corrected chi connectivity index (χ1v) is 7.47. The van der Waals surface area contributed by atoms with Gasteiger partial charge in [0.05, 0.1) is 5.56 Å². The number of benzene rings is 2. The zero-order chi connectivity index (χ0) is 16.7. The number of hydrogen-bond donors (Lipinski definition) is 2. The van der Waals surface area contributed by atoms with Crippen LogP contribution in [0.4, 0.5) is 0 Å².